The molecule has 0 aromatic carbocycles. The summed E-state index contributed by atoms with van der Waals surface area (Å²) in [6, 6.07) is 0. The van der Waals surface area contributed by atoms with E-state index in [0.717, 1.165) is 18.4 Å². The van der Waals surface area contributed by atoms with Crippen LogP contribution in [-0.2, 0) is 23.8 Å². The maximum Gasteiger partial charge on any atom is 0.309 e. The van der Waals surface area contributed by atoms with Crippen LogP contribution in [0.5, 0.6) is 0 Å². The highest BCUT2D eigenvalue weighted by Crippen LogP contribution is 2.38. The smallest absolute Gasteiger partial charge is 0.309 e. The van der Waals surface area contributed by atoms with Crippen LogP contribution in [0.25, 0.3) is 0 Å². The van der Waals surface area contributed by atoms with Crippen LogP contribution in [0.3, 0.4) is 0 Å². The summed E-state index contributed by atoms with van der Waals surface area (Å²) < 4.78 is 15.2. The number of hydrogen-bond donors (Lipinski definition) is 0. The molecule has 1 heterocycles. The van der Waals surface area contributed by atoms with Crippen LogP contribution in [0.4, 0.5) is 0 Å². The van der Waals surface area contributed by atoms with Crippen LogP contribution in [0, 0.1) is 0 Å². The van der Waals surface area contributed by atoms with Crippen molar-refractivity contribution in [2.45, 2.75) is 64.8 Å². The molecule has 0 radical (unpaired) electrons. The molecule has 114 valence electrons. The van der Waals surface area contributed by atoms with Gasteiger partial charge in [-0.05, 0) is 39.7 Å². The summed E-state index contributed by atoms with van der Waals surface area (Å²) in [7, 11) is 1.32. The van der Waals surface area contributed by atoms with Crippen molar-refractivity contribution in [2.75, 3.05) is 7.11 Å². The van der Waals surface area contributed by atoms with Crippen molar-refractivity contribution in [3.8, 4) is 0 Å². The zero-order valence-electron chi connectivity index (χ0n) is 12.9. The van der Waals surface area contributed by atoms with Crippen molar-refractivity contribution in [3.05, 3.63) is 11.6 Å². The number of ether oxygens (including phenoxy) is 3. The van der Waals surface area contributed by atoms with Crippen LogP contribution in [0.15, 0.2) is 11.6 Å². The molecule has 0 bridgehead atoms. The monoisotopic (exact) mass is 284 g/mol. The third-order valence-corrected chi connectivity index (χ3v) is 3.35. The van der Waals surface area contributed by atoms with Crippen molar-refractivity contribution in [3.63, 3.8) is 0 Å². The SMILES string of the molecule is COC(=O)CC(/C=C(\C)CCC1OC1(C)C)OC(C)=O. The Balaban J connectivity index is 2.49. The van der Waals surface area contributed by atoms with Gasteiger partial charge in [-0.15, -0.1) is 0 Å². The molecular formula is C15H24O5. The molecule has 0 amide bonds. The number of rotatable bonds is 7. The van der Waals surface area contributed by atoms with E-state index >= 15 is 0 Å². The summed E-state index contributed by atoms with van der Waals surface area (Å²) in [5.41, 5.74) is 1.06. The van der Waals surface area contributed by atoms with Gasteiger partial charge in [0, 0.05) is 6.92 Å². The lowest BCUT2D eigenvalue weighted by molar-refractivity contribution is -0.149. The van der Waals surface area contributed by atoms with Gasteiger partial charge in [-0.25, -0.2) is 0 Å². The van der Waals surface area contributed by atoms with Crippen molar-refractivity contribution in [2.24, 2.45) is 0 Å². The van der Waals surface area contributed by atoms with Gasteiger partial charge in [0.25, 0.3) is 0 Å². The Hall–Kier alpha value is -1.36. The normalized spacial score (nSPS) is 22.1. The third-order valence-electron chi connectivity index (χ3n) is 3.35. The first-order valence-electron chi connectivity index (χ1n) is 6.83. The van der Waals surface area contributed by atoms with Crippen LogP contribution in [-0.4, -0.2) is 36.9 Å². The van der Waals surface area contributed by atoms with E-state index in [2.05, 4.69) is 18.6 Å². The molecular weight excluding hydrogens is 260 g/mol. The molecule has 5 heteroatoms. The second-order valence-corrected chi connectivity index (χ2v) is 5.69. The predicted octanol–water partition coefficient (Wildman–Crippen LogP) is 2.39. The molecule has 5 nitrogen and oxygen atoms in total. The average molecular weight is 284 g/mol. The maximum atomic E-state index is 11.3. The first-order chi connectivity index (χ1) is 9.24. The standard InChI is InChI=1S/C15H24O5/c1-10(6-7-13-15(3,4)20-13)8-12(19-11(2)16)9-14(17)18-5/h8,12-13H,6-7,9H2,1-5H3/b10-8+. The van der Waals surface area contributed by atoms with E-state index in [1.54, 1.807) is 0 Å². The zero-order chi connectivity index (χ0) is 15.3. The molecule has 1 aliphatic heterocycles. The minimum atomic E-state index is -0.562. The Morgan fingerprint density at radius 3 is 2.40 bits per heavy atom. The first kappa shape index (κ1) is 16.7. The van der Waals surface area contributed by atoms with Gasteiger partial charge in [0.2, 0.25) is 0 Å². The van der Waals surface area contributed by atoms with E-state index in [0.29, 0.717) is 6.10 Å². The van der Waals surface area contributed by atoms with E-state index in [-0.39, 0.29) is 12.0 Å². The average Bonchev–Trinajstić information content (AvgIpc) is 2.93. The molecule has 0 saturated carbocycles. The first-order valence-corrected chi connectivity index (χ1v) is 6.83. The van der Waals surface area contributed by atoms with Crippen LogP contribution < -0.4 is 0 Å². The van der Waals surface area contributed by atoms with Gasteiger partial charge >= 0.3 is 11.9 Å². The molecule has 1 rings (SSSR count). The minimum absolute atomic E-state index is 0.0123. The van der Waals surface area contributed by atoms with E-state index in [4.69, 9.17) is 9.47 Å². The summed E-state index contributed by atoms with van der Waals surface area (Å²) in [6.45, 7) is 7.42. The second kappa shape index (κ2) is 6.88. The maximum absolute atomic E-state index is 11.3. The summed E-state index contributed by atoms with van der Waals surface area (Å²) in [5, 5.41) is 0. The lowest BCUT2D eigenvalue weighted by Gasteiger charge is -2.13. The van der Waals surface area contributed by atoms with Crippen molar-refractivity contribution >= 4 is 11.9 Å². The fourth-order valence-electron chi connectivity index (χ4n) is 2.09. The fraction of sp³-hybridized carbons (Fsp3) is 0.733. The Labute approximate surface area is 120 Å². The highest BCUT2D eigenvalue weighted by Gasteiger charge is 2.46. The van der Waals surface area contributed by atoms with Crippen LogP contribution >= 0.6 is 0 Å². The molecule has 0 N–H and O–H groups in total. The molecule has 0 spiro atoms. The highest BCUT2D eigenvalue weighted by atomic mass is 16.6. The van der Waals surface area contributed by atoms with Crippen molar-refractivity contribution in [1.82, 2.24) is 0 Å². The highest BCUT2D eigenvalue weighted by molar-refractivity contribution is 5.71. The summed E-state index contributed by atoms with van der Waals surface area (Å²) in [4.78, 5) is 22.3. The van der Waals surface area contributed by atoms with E-state index < -0.39 is 18.0 Å². The number of hydrogen-bond acceptors (Lipinski definition) is 5. The fourth-order valence-corrected chi connectivity index (χ4v) is 2.09. The number of allylic oxidation sites excluding steroid dienone is 1. The number of esters is 2. The van der Waals surface area contributed by atoms with E-state index in [1.807, 2.05) is 13.0 Å². The molecule has 2 unspecified atom stereocenters. The molecule has 2 atom stereocenters. The number of carbonyl (C=O) groups is 2. The van der Waals surface area contributed by atoms with E-state index in [1.165, 1.54) is 14.0 Å². The lowest BCUT2D eigenvalue weighted by Crippen LogP contribution is -2.19. The Morgan fingerprint density at radius 2 is 1.95 bits per heavy atom. The summed E-state index contributed by atoms with van der Waals surface area (Å²) in [5.74, 6) is -0.804. The molecule has 1 fully saturated rings. The molecule has 0 aromatic rings. The molecule has 0 aromatic heterocycles. The van der Waals surface area contributed by atoms with Crippen LogP contribution in [0.2, 0.25) is 0 Å². The number of methoxy groups -OCH3 is 1. The molecule has 0 aliphatic carbocycles. The van der Waals surface area contributed by atoms with Crippen molar-refractivity contribution < 1.29 is 23.8 Å². The Bertz CT molecular complexity index is 397. The largest absolute Gasteiger partial charge is 0.469 e. The number of carbonyl (C=O) groups excluding carboxylic acids is 2. The third kappa shape index (κ3) is 5.74. The Morgan fingerprint density at radius 1 is 1.35 bits per heavy atom. The van der Waals surface area contributed by atoms with Gasteiger partial charge in [0.15, 0.2) is 0 Å². The van der Waals surface area contributed by atoms with Crippen molar-refractivity contribution in [1.29, 1.82) is 0 Å². The van der Waals surface area contributed by atoms with Gasteiger partial charge in [0.1, 0.15) is 6.10 Å². The summed E-state index contributed by atoms with van der Waals surface area (Å²) >= 11 is 0. The Kier molecular flexibility index (Phi) is 5.74. The quantitative estimate of drug-likeness (QED) is 0.408. The lowest BCUT2D eigenvalue weighted by atomic mass is 10.0. The second-order valence-electron chi connectivity index (χ2n) is 5.69. The van der Waals surface area contributed by atoms with Gasteiger partial charge < -0.3 is 14.2 Å². The zero-order valence-corrected chi connectivity index (χ0v) is 12.9. The van der Waals surface area contributed by atoms with Gasteiger partial charge in [-0.2, -0.15) is 0 Å². The number of epoxide rings is 1. The van der Waals surface area contributed by atoms with Gasteiger partial charge in [0.05, 0.1) is 25.2 Å². The topological polar surface area (TPSA) is 65.1 Å². The summed E-state index contributed by atoms with van der Waals surface area (Å²) in [6.07, 6.45) is 3.37. The minimum Gasteiger partial charge on any atom is -0.469 e. The molecule has 20 heavy (non-hydrogen) atoms. The predicted molar refractivity (Wildman–Crippen MR) is 74.1 cm³/mol. The molecule has 1 saturated heterocycles. The van der Waals surface area contributed by atoms with E-state index in [9.17, 15) is 9.59 Å². The van der Waals surface area contributed by atoms with Gasteiger partial charge in [-0.3, -0.25) is 9.59 Å². The van der Waals surface area contributed by atoms with Gasteiger partial charge in [-0.1, -0.05) is 5.57 Å². The molecule has 1 aliphatic rings. The van der Waals surface area contributed by atoms with Crippen LogP contribution in [0.1, 0.15) is 47.0 Å².